The highest BCUT2D eigenvalue weighted by molar-refractivity contribution is 9.10. The Hall–Kier alpha value is -0.850. The van der Waals surface area contributed by atoms with Gasteiger partial charge in [-0.1, -0.05) is 22.9 Å². The fraction of sp³-hybridized carbons (Fsp3) is 0.400. The zero-order chi connectivity index (χ0) is 15.6. The van der Waals surface area contributed by atoms with Crippen LogP contribution in [0.3, 0.4) is 0 Å². The largest absolute Gasteiger partial charge is 0.487 e. The molecule has 1 aromatic heterocycles. The van der Waals surface area contributed by atoms with E-state index in [1.807, 2.05) is 36.9 Å². The topological polar surface area (TPSA) is 53.1 Å². The zero-order valence-corrected chi connectivity index (χ0v) is 15.5. The van der Waals surface area contributed by atoms with Crippen molar-refractivity contribution in [2.75, 3.05) is 0 Å². The van der Waals surface area contributed by atoms with E-state index in [2.05, 4.69) is 43.9 Å². The van der Waals surface area contributed by atoms with Crippen molar-refractivity contribution in [3.63, 3.8) is 0 Å². The van der Waals surface area contributed by atoms with Crippen LogP contribution in [0, 0.1) is 0 Å². The molecule has 0 aliphatic rings. The molecule has 0 bridgehead atoms. The van der Waals surface area contributed by atoms with Crippen molar-refractivity contribution in [2.24, 2.45) is 12.8 Å². The zero-order valence-electron chi connectivity index (χ0n) is 12.4. The molecule has 0 radical (unpaired) electrons. The molecule has 0 spiro atoms. The van der Waals surface area contributed by atoms with E-state index in [0.29, 0.717) is 6.61 Å². The first-order valence-electron chi connectivity index (χ1n) is 6.82. The van der Waals surface area contributed by atoms with Gasteiger partial charge in [0.15, 0.2) is 0 Å². The first kappa shape index (κ1) is 16.5. The molecule has 4 nitrogen and oxygen atoms in total. The third-order valence-corrected chi connectivity index (χ3v) is 4.74. The van der Waals surface area contributed by atoms with Crippen molar-refractivity contribution in [1.29, 1.82) is 0 Å². The van der Waals surface area contributed by atoms with Gasteiger partial charge in [0, 0.05) is 23.1 Å². The fourth-order valence-electron chi connectivity index (χ4n) is 2.13. The summed E-state index contributed by atoms with van der Waals surface area (Å²) >= 11 is 7.06. The van der Waals surface area contributed by atoms with Gasteiger partial charge < -0.3 is 10.5 Å². The predicted molar refractivity (Wildman–Crippen MR) is 91.4 cm³/mol. The normalized spacial score (nSPS) is 12.5. The van der Waals surface area contributed by atoms with Crippen molar-refractivity contribution >= 4 is 31.9 Å². The summed E-state index contributed by atoms with van der Waals surface area (Å²) < 4.78 is 9.84. The molecular formula is C15H19Br2N3O. The summed E-state index contributed by atoms with van der Waals surface area (Å²) in [5, 5.41) is 4.47. The SMILES string of the molecule is CCc1nn(C)c(COc2ccc(Br)cc2C(C)N)c1Br. The monoisotopic (exact) mass is 415 g/mol. The maximum atomic E-state index is 6.01. The van der Waals surface area contributed by atoms with E-state index >= 15 is 0 Å². The lowest BCUT2D eigenvalue weighted by atomic mass is 10.1. The van der Waals surface area contributed by atoms with Crippen LogP contribution in [0.25, 0.3) is 0 Å². The number of ether oxygens (including phenoxy) is 1. The highest BCUT2D eigenvalue weighted by atomic mass is 79.9. The van der Waals surface area contributed by atoms with Crippen LogP contribution in [0.5, 0.6) is 5.75 Å². The number of halogens is 2. The molecular weight excluding hydrogens is 398 g/mol. The number of nitrogens with two attached hydrogens (primary N) is 1. The molecule has 2 N–H and O–H groups in total. The van der Waals surface area contributed by atoms with Crippen LogP contribution in [-0.2, 0) is 20.1 Å². The van der Waals surface area contributed by atoms with E-state index in [-0.39, 0.29) is 6.04 Å². The first-order valence-corrected chi connectivity index (χ1v) is 8.40. The van der Waals surface area contributed by atoms with E-state index in [9.17, 15) is 0 Å². The lowest BCUT2D eigenvalue weighted by molar-refractivity contribution is 0.289. The Bertz CT molecular complexity index is 638. The Morgan fingerprint density at radius 3 is 2.67 bits per heavy atom. The summed E-state index contributed by atoms with van der Waals surface area (Å²) in [5.74, 6) is 0.805. The van der Waals surface area contributed by atoms with Gasteiger partial charge in [-0.15, -0.1) is 0 Å². The predicted octanol–water partition coefficient (Wildman–Crippen LogP) is 4.11. The molecule has 0 saturated heterocycles. The minimum atomic E-state index is -0.0846. The maximum absolute atomic E-state index is 6.01. The molecule has 0 aliphatic carbocycles. The quantitative estimate of drug-likeness (QED) is 0.797. The smallest absolute Gasteiger partial charge is 0.131 e. The summed E-state index contributed by atoms with van der Waals surface area (Å²) in [5.41, 5.74) is 9.05. The number of benzene rings is 1. The number of aryl methyl sites for hydroxylation is 2. The average molecular weight is 417 g/mol. The van der Waals surface area contributed by atoms with Gasteiger partial charge in [-0.05, 0) is 47.5 Å². The minimum absolute atomic E-state index is 0.0846. The molecule has 1 atom stereocenters. The lowest BCUT2D eigenvalue weighted by Gasteiger charge is -2.14. The Balaban J connectivity index is 2.23. The summed E-state index contributed by atoms with van der Waals surface area (Å²) in [6, 6.07) is 5.80. The van der Waals surface area contributed by atoms with Crippen LogP contribution < -0.4 is 10.5 Å². The van der Waals surface area contributed by atoms with Crippen molar-refractivity contribution in [3.8, 4) is 5.75 Å². The number of nitrogens with zero attached hydrogens (tertiary/aromatic N) is 2. The fourth-order valence-corrected chi connectivity index (χ4v) is 3.24. The van der Waals surface area contributed by atoms with Gasteiger partial charge in [0.05, 0.1) is 15.9 Å². The second kappa shape index (κ2) is 6.94. The van der Waals surface area contributed by atoms with Gasteiger partial charge in [-0.2, -0.15) is 5.10 Å². The second-order valence-corrected chi connectivity index (χ2v) is 6.65. The maximum Gasteiger partial charge on any atom is 0.131 e. The first-order chi connectivity index (χ1) is 9.93. The van der Waals surface area contributed by atoms with Crippen LogP contribution in [0.2, 0.25) is 0 Å². The third kappa shape index (κ3) is 3.67. The van der Waals surface area contributed by atoms with Crippen molar-refractivity contribution < 1.29 is 4.74 Å². The van der Waals surface area contributed by atoms with E-state index < -0.39 is 0 Å². The molecule has 0 amide bonds. The Labute approximate surface area is 141 Å². The lowest BCUT2D eigenvalue weighted by Crippen LogP contribution is -2.09. The molecule has 2 rings (SSSR count). The molecule has 1 unspecified atom stereocenters. The molecule has 6 heteroatoms. The van der Waals surface area contributed by atoms with E-state index in [1.165, 1.54) is 0 Å². The van der Waals surface area contributed by atoms with E-state index in [0.717, 1.165) is 38.1 Å². The van der Waals surface area contributed by atoms with Gasteiger partial charge in [0.1, 0.15) is 12.4 Å². The minimum Gasteiger partial charge on any atom is -0.487 e. The highest BCUT2D eigenvalue weighted by Gasteiger charge is 2.15. The molecule has 0 saturated carbocycles. The molecule has 0 fully saturated rings. The molecule has 21 heavy (non-hydrogen) atoms. The molecule has 0 aliphatic heterocycles. The van der Waals surface area contributed by atoms with Crippen LogP contribution in [0.4, 0.5) is 0 Å². The second-order valence-electron chi connectivity index (χ2n) is 4.94. The van der Waals surface area contributed by atoms with Gasteiger partial charge in [-0.25, -0.2) is 0 Å². The van der Waals surface area contributed by atoms with E-state index in [1.54, 1.807) is 0 Å². The van der Waals surface area contributed by atoms with Crippen molar-refractivity contribution in [1.82, 2.24) is 9.78 Å². The Morgan fingerprint density at radius 2 is 2.10 bits per heavy atom. The summed E-state index contributed by atoms with van der Waals surface area (Å²) in [7, 11) is 1.93. The molecule has 1 heterocycles. The Kier molecular flexibility index (Phi) is 5.46. The van der Waals surface area contributed by atoms with Gasteiger partial charge in [0.2, 0.25) is 0 Å². The summed E-state index contributed by atoms with van der Waals surface area (Å²) in [4.78, 5) is 0. The Morgan fingerprint density at radius 1 is 1.38 bits per heavy atom. The number of aromatic nitrogens is 2. The van der Waals surface area contributed by atoms with Crippen LogP contribution in [0.15, 0.2) is 27.1 Å². The van der Waals surface area contributed by atoms with E-state index in [4.69, 9.17) is 10.5 Å². The van der Waals surface area contributed by atoms with Gasteiger partial charge >= 0.3 is 0 Å². The molecule has 114 valence electrons. The standard InChI is InChI=1S/C15H19Br2N3O/c1-4-12-15(17)13(20(3)19-12)8-21-14-6-5-10(16)7-11(14)9(2)18/h5-7,9H,4,8,18H2,1-3H3. The van der Waals surface area contributed by atoms with Crippen molar-refractivity contribution in [2.45, 2.75) is 32.9 Å². The van der Waals surface area contributed by atoms with Crippen LogP contribution in [0.1, 0.15) is 36.8 Å². The highest BCUT2D eigenvalue weighted by Crippen LogP contribution is 2.29. The molecule has 2 aromatic rings. The van der Waals surface area contributed by atoms with Gasteiger partial charge in [0.25, 0.3) is 0 Å². The van der Waals surface area contributed by atoms with Crippen LogP contribution >= 0.6 is 31.9 Å². The third-order valence-electron chi connectivity index (χ3n) is 3.33. The van der Waals surface area contributed by atoms with Gasteiger partial charge in [-0.3, -0.25) is 4.68 Å². The van der Waals surface area contributed by atoms with Crippen LogP contribution in [-0.4, -0.2) is 9.78 Å². The average Bonchev–Trinajstić information content (AvgIpc) is 2.72. The number of hydrogen-bond donors (Lipinski definition) is 1. The number of hydrogen-bond acceptors (Lipinski definition) is 3. The number of rotatable bonds is 5. The van der Waals surface area contributed by atoms with Crippen molar-refractivity contribution in [3.05, 3.63) is 44.1 Å². The summed E-state index contributed by atoms with van der Waals surface area (Å²) in [6.07, 6.45) is 0.887. The molecule has 1 aromatic carbocycles. The summed E-state index contributed by atoms with van der Waals surface area (Å²) in [6.45, 7) is 4.48.